The minimum absolute atomic E-state index is 0.0890. The van der Waals surface area contributed by atoms with E-state index >= 15 is 0 Å². The average molecular weight is 270 g/mol. The van der Waals surface area contributed by atoms with E-state index in [1.807, 2.05) is 13.1 Å². The Bertz CT molecular complexity index is 370. The molecule has 3 heteroatoms. The van der Waals surface area contributed by atoms with Crippen LogP contribution >= 0.6 is 15.9 Å². The molecule has 0 radical (unpaired) electrons. The molecule has 0 fully saturated rings. The van der Waals surface area contributed by atoms with Gasteiger partial charge in [0.1, 0.15) is 5.82 Å². The summed E-state index contributed by atoms with van der Waals surface area (Å²) >= 11 is 3.25. The molecular formula is C12H13BrFN. The number of terminal acetylenes is 1. The van der Waals surface area contributed by atoms with E-state index in [-0.39, 0.29) is 11.9 Å². The second-order valence-corrected chi connectivity index (χ2v) is 4.02. The van der Waals surface area contributed by atoms with Crippen LogP contribution < -0.4 is 5.32 Å². The average Bonchev–Trinajstić information content (AvgIpc) is 2.25. The van der Waals surface area contributed by atoms with E-state index in [1.54, 1.807) is 6.07 Å². The molecule has 1 unspecified atom stereocenters. The van der Waals surface area contributed by atoms with Gasteiger partial charge >= 0.3 is 0 Å². The Morgan fingerprint density at radius 2 is 2.33 bits per heavy atom. The smallest absolute Gasteiger partial charge is 0.137 e. The van der Waals surface area contributed by atoms with Gasteiger partial charge in [-0.05, 0) is 41.0 Å². The summed E-state index contributed by atoms with van der Waals surface area (Å²) in [6, 6.07) is 5.12. The maximum atomic E-state index is 13.3. The molecule has 0 amide bonds. The Balaban J connectivity index is 2.92. The standard InChI is InChI=1S/C12H13BrFN/c1-3-4-8-11(15-2)9-6-5-7-10(14)12(9)13/h1,5-7,11,15H,4,8H2,2H3. The molecule has 0 bridgehead atoms. The fourth-order valence-corrected chi connectivity index (χ4v) is 2.01. The molecule has 15 heavy (non-hydrogen) atoms. The second-order valence-electron chi connectivity index (χ2n) is 3.23. The van der Waals surface area contributed by atoms with Gasteiger partial charge in [0.2, 0.25) is 0 Å². The lowest BCUT2D eigenvalue weighted by Gasteiger charge is -2.17. The zero-order valence-electron chi connectivity index (χ0n) is 8.56. The summed E-state index contributed by atoms with van der Waals surface area (Å²) in [5, 5.41) is 3.13. The Morgan fingerprint density at radius 3 is 2.93 bits per heavy atom. The van der Waals surface area contributed by atoms with Crippen LogP contribution in [0.15, 0.2) is 22.7 Å². The molecule has 0 aliphatic heterocycles. The highest BCUT2D eigenvalue weighted by Crippen LogP contribution is 2.28. The van der Waals surface area contributed by atoms with Crippen molar-refractivity contribution in [2.75, 3.05) is 7.05 Å². The van der Waals surface area contributed by atoms with Crippen LogP contribution in [0.1, 0.15) is 24.4 Å². The van der Waals surface area contributed by atoms with Gasteiger partial charge < -0.3 is 5.32 Å². The van der Waals surface area contributed by atoms with Crippen LogP contribution in [0.4, 0.5) is 4.39 Å². The Morgan fingerprint density at radius 1 is 1.60 bits per heavy atom. The molecule has 1 aromatic carbocycles. The Hall–Kier alpha value is -0.850. The fraction of sp³-hybridized carbons (Fsp3) is 0.333. The zero-order chi connectivity index (χ0) is 11.3. The van der Waals surface area contributed by atoms with Crippen LogP contribution in [-0.2, 0) is 0 Å². The third-order valence-electron chi connectivity index (χ3n) is 2.28. The molecule has 0 heterocycles. The van der Waals surface area contributed by atoms with E-state index in [4.69, 9.17) is 6.42 Å². The van der Waals surface area contributed by atoms with Gasteiger partial charge in [0, 0.05) is 12.5 Å². The topological polar surface area (TPSA) is 12.0 Å². The zero-order valence-corrected chi connectivity index (χ0v) is 10.1. The van der Waals surface area contributed by atoms with E-state index in [2.05, 4.69) is 27.2 Å². The van der Waals surface area contributed by atoms with Crippen molar-refractivity contribution in [3.05, 3.63) is 34.1 Å². The molecule has 1 rings (SSSR count). The molecule has 80 valence electrons. The first-order chi connectivity index (χ1) is 7.20. The SMILES string of the molecule is C#CCCC(NC)c1cccc(F)c1Br. The van der Waals surface area contributed by atoms with Gasteiger partial charge in [0.05, 0.1) is 4.47 Å². The van der Waals surface area contributed by atoms with Crippen molar-refractivity contribution in [3.63, 3.8) is 0 Å². The summed E-state index contributed by atoms with van der Waals surface area (Å²) < 4.78 is 13.8. The third kappa shape index (κ3) is 3.05. The van der Waals surface area contributed by atoms with E-state index < -0.39 is 0 Å². The summed E-state index contributed by atoms with van der Waals surface area (Å²) in [6.45, 7) is 0. The largest absolute Gasteiger partial charge is 0.313 e. The van der Waals surface area contributed by atoms with Gasteiger partial charge in [-0.15, -0.1) is 12.3 Å². The summed E-state index contributed by atoms with van der Waals surface area (Å²) in [5.74, 6) is 2.35. The van der Waals surface area contributed by atoms with Crippen LogP contribution in [-0.4, -0.2) is 7.05 Å². The first-order valence-electron chi connectivity index (χ1n) is 4.75. The van der Waals surface area contributed by atoms with Crippen molar-refractivity contribution in [3.8, 4) is 12.3 Å². The molecule has 1 nitrogen and oxygen atoms in total. The normalized spacial score (nSPS) is 12.1. The minimum atomic E-state index is -0.242. The van der Waals surface area contributed by atoms with Gasteiger partial charge in [-0.3, -0.25) is 0 Å². The number of benzene rings is 1. The van der Waals surface area contributed by atoms with Gasteiger partial charge in [-0.25, -0.2) is 4.39 Å². The van der Waals surface area contributed by atoms with E-state index in [0.29, 0.717) is 10.9 Å². The molecule has 0 saturated heterocycles. The molecule has 0 aliphatic carbocycles. The molecule has 0 spiro atoms. The lowest BCUT2D eigenvalue weighted by atomic mass is 10.0. The molecule has 1 aromatic rings. The van der Waals surface area contributed by atoms with Crippen molar-refractivity contribution in [1.82, 2.24) is 5.32 Å². The van der Waals surface area contributed by atoms with E-state index in [9.17, 15) is 4.39 Å². The third-order valence-corrected chi connectivity index (χ3v) is 3.12. The van der Waals surface area contributed by atoms with Gasteiger partial charge in [0.25, 0.3) is 0 Å². The first-order valence-corrected chi connectivity index (χ1v) is 5.54. The van der Waals surface area contributed by atoms with Crippen molar-refractivity contribution in [2.24, 2.45) is 0 Å². The second kappa shape index (κ2) is 5.89. The number of hydrogen-bond donors (Lipinski definition) is 1. The lowest BCUT2D eigenvalue weighted by Crippen LogP contribution is -2.16. The maximum absolute atomic E-state index is 13.3. The summed E-state index contributed by atoms with van der Waals surface area (Å²) in [4.78, 5) is 0. The van der Waals surface area contributed by atoms with Crippen LogP contribution in [0, 0.1) is 18.2 Å². The predicted octanol–water partition coefficient (Wildman–Crippen LogP) is 3.26. The highest BCUT2D eigenvalue weighted by molar-refractivity contribution is 9.10. The summed E-state index contributed by atoms with van der Waals surface area (Å²) in [7, 11) is 1.85. The summed E-state index contributed by atoms with van der Waals surface area (Å²) in [5.41, 5.74) is 0.910. The van der Waals surface area contributed by atoms with Crippen LogP contribution in [0.25, 0.3) is 0 Å². The molecule has 1 atom stereocenters. The van der Waals surface area contributed by atoms with Crippen molar-refractivity contribution in [1.29, 1.82) is 0 Å². The number of nitrogens with one attached hydrogen (secondary N) is 1. The van der Waals surface area contributed by atoms with Crippen molar-refractivity contribution >= 4 is 15.9 Å². The Labute approximate surface area is 98.2 Å². The quantitative estimate of drug-likeness (QED) is 0.828. The fourth-order valence-electron chi connectivity index (χ4n) is 1.47. The van der Waals surface area contributed by atoms with Crippen molar-refractivity contribution in [2.45, 2.75) is 18.9 Å². The van der Waals surface area contributed by atoms with Crippen LogP contribution in [0.5, 0.6) is 0 Å². The van der Waals surface area contributed by atoms with Crippen LogP contribution in [0.2, 0.25) is 0 Å². The highest BCUT2D eigenvalue weighted by Gasteiger charge is 2.13. The molecular weight excluding hydrogens is 257 g/mol. The van der Waals surface area contributed by atoms with Gasteiger partial charge in [-0.1, -0.05) is 12.1 Å². The monoisotopic (exact) mass is 269 g/mol. The molecule has 0 aliphatic rings. The van der Waals surface area contributed by atoms with E-state index in [1.165, 1.54) is 6.07 Å². The van der Waals surface area contributed by atoms with Crippen molar-refractivity contribution < 1.29 is 4.39 Å². The van der Waals surface area contributed by atoms with Gasteiger partial charge in [-0.2, -0.15) is 0 Å². The molecule has 0 aromatic heterocycles. The lowest BCUT2D eigenvalue weighted by molar-refractivity contribution is 0.545. The minimum Gasteiger partial charge on any atom is -0.313 e. The van der Waals surface area contributed by atoms with E-state index in [0.717, 1.165) is 12.0 Å². The number of halogens is 2. The maximum Gasteiger partial charge on any atom is 0.137 e. The summed E-state index contributed by atoms with van der Waals surface area (Å²) in [6.07, 6.45) is 6.69. The highest BCUT2D eigenvalue weighted by atomic mass is 79.9. The first kappa shape index (κ1) is 12.2. The Kier molecular flexibility index (Phi) is 4.80. The predicted molar refractivity (Wildman–Crippen MR) is 64.0 cm³/mol. The number of rotatable bonds is 4. The molecule has 0 saturated carbocycles. The number of hydrogen-bond acceptors (Lipinski definition) is 1. The molecule has 1 N–H and O–H groups in total. The van der Waals surface area contributed by atoms with Gasteiger partial charge in [0.15, 0.2) is 0 Å². The van der Waals surface area contributed by atoms with Crippen LogP contribution in [0.3, 0.4) is 0 Å².